The Morgan fingerprint density at radius 3 is 2.62 bits per heavy atom. The maximum atomic E-state index is 9.23. The van der Waals surface area contributed by atoms with Gasteiger partial charge in [0.1, 0.15) is 0 Å². The van der Waals surface area contributed by atoms with E-state index in [0.717, 1.165) is 12.8 Å². The monoisotopic (exact) mass is 216 g/mol. The molecule has 0 radical (unpaired) electrons. The van der Waals surface area contributed by atoms with Crippen molar-refractivity contribution in [1.82, 2.24) is 0 Å². The number of hydrogen-bond donors (Lipinski definition) is 1. The number of rotatable bonds is 4. The lowest BCUT2D eigenvalue weighted by Gasteiger charge is -2.33. The summed E-state index contributed by atoms with van der Waals surface area (Å²) < 4.78 is 0. The van der Waals surface area contributed by atoms with Crippen molar-refractivity contribution in [3.63, 3.8) is 0 Å². The van der Waals surface area contributed by atoms with Gasteiger partial charge in [-0.25, -0.2) is 0 Å². The van der Waals surface area contributed by atoms with Crippen LogP contribution in [0.5, 0.6) is 0 Å². The van der Waals surface area contributed by atoms with Crippen molar-refractivity contribution in [3.05, 3.63) is 48.0 Å². The third kappa shape index (κ3) is 2.73. The molecule has 1 aromatic carbocycles. The van der Waals surface area contributed by atoms with Crippen molar-refractivity contribution in [2.24, 2.45) is 5.41 Å². The zero-order valence-electron chi connectivity index (χ0n) is 9.73. The van der Waals surface area contributed by atoms with E-state index in [1.807, 2.05) is 0 Å². The van der Waals surface area contributed by atoms with Gasteiger partial charge in [-0.1, -0.05) is 42.5 Å². The van der Waals surface area contributed by atoms with Crippen LogP contribution in [0.15, 0.2) is 42.5 Å². The highest BCUT2D eigenvalue weighted by molar-refractivity contribution is 5.19. The summed E-state index contributed by atoms with van der Waals surface area (Å²) in [6.07, 6.45) is 10.2. The Bertz CT molecular complexity index is 342. The van der Waals surface area contributed by atoms with Crippen molar-refractivity contribution in [3.8, 4) is 0 Å². The van der Waals surface area contributed by atoms with Crippen LogP contribution in [0.2, 0.25) is 0 Å². The minimum absolute atomic E-state index is 0.203. The number of benzene rings is 1. The average Bonchev–Trinajstić information content (AvgIpc) is 2.31. The van der Waals surface area contributed by atoms with Gasteiger partial charge < -0.3 is 5.11 Å². The Morgan fingerprint density at radius 1 is 1.19 bits per heavy atom. The smallest absolute Gasteiger partial charge is 0.0439 e. The second-order valence-electron chi connectivity index (χ2n) is 4.79. The van der Waals surface area contributed by atoms with Gasteiger partial charge in [-0.2, -0.15) is 0 Å². The van der Waals surface area contributed by atoms with Crippen LogP contribution >= 0.6 is 0 Å². The molecule has 1 nitrogen and oxygen atoms in total. The molecule has 1 aromatic rings. The predicted octanol–water partition coefficient (Wildman–Crippen LogP) is 3.34. The van der Waals surface area contributed by atoms with Gasteiger partial charge in [0.15, 0.2) is 0 Å². The van der Waals surface area contributed by atoms with E-state index in [4.69, 9.17) is 0 Å². The molecule has 1 atom stereocenters. The van der Waals surface area contributed by atoms with E-state index < -0.39 is 0 Å². The minimum atomic E-state index is 0.203. The van der Waals surface area contributed by atoms with Crippen LogP contribution in [0, 0.1) is 5.41 Å². The molecular weight excluding hydrogens is 196 g/mol. The van der Waals surface area contributed by atoms with E-state index >= 15 is 0 Å². The molecule has 86 valence electrons. The first-order valence-corrected chi connectivity index (χ1v) is 6.17. The van der Waals surface area contributed by atoms with E-state index in [2.05, 4.69) is 42.5 Å². The fourth-order valence-corrected chi connectivity index (χ4v) is 2.66. The summed E-state index contributed by atoms with van der Waals surface area (Å²) in [5.74, 6) is 0. The zero-order valence-corrected chi connectivity index (χ0v) is 9.73. The molecule has 0 saturated heterocycles. The maximum absolute atomic E-state index is 9.23. The molecule has 0 spiro atoms. The van der Waals surface area contributed by atoms with Gasteiger partial charge in [-0.15, -0.1) is 0 Å². The van der Waals surface area contributed by atoms with Crippen molar-refractivity contribution < 1.29 is 5.11 Å². The SMILES string of the molecule is OCCC1(Cc2ccccc2)C=CCCC1. The summed E-state index contributed by atoms with van der Waals surface area (Å²) >= 11 is 0. The molecule has 0 bridgehead atoms. The molecule has 1 aliphatic carbocycles. The lowest BCUT2D eigenvalue weighted by molar-refractivity contribution is 0.202. The summed E-state index contributed by atoms with van der Waals surface area (Å²) in [5.41, 5.74) is 1.58. The van der Waals surface area contributed by atoms with Crippen molar-refractivity contribution >= 4 is 0 Å². The highest BCUT2D eigenvalue weighted by Gasteiger charge is 2.28. The van der Waals surface area contributed by atoms with Gasteiger partial charge in [0.25, 0.3) is 0 Å². The van der Waals surface area contributed by atoms with Gasteiger partial charge in [-0.3, -0.25) is 0 Å². The van der Waals surface area contributed by atoms with Crippen LogP contribution in [-0.2, 0) is 6.42 Å². The van der Waals surface area contributed by atoms with E-state index in [-0.39, 0.29) is 12.0 Å². The van der Waals surface area contributed by atoms with Gasteiger partial charge in [0, 0.05) is 6.61 Å². The summed E-state index contributed by atoms with van der Waals surface area (Å²) in [6, 6.07) is 10.6. The second kappa shape index (κ2) is 5.31. The molecular formula is C15H20O. The molecule has 1 N–H and O–H groups in total. The lowest BCUT2D eigenvalue weighted by Crippen LogP contribution is -2.24. The summed E-state index contributed by atoms with van der Waals surface area (Å²) in [5, 5.41) is 9.23. The summed E-state index contributed by atoms with van der Waals surface area (Å²) in [4.78, 5) is 0. The normalized spacial score (nSPS) is 24.6. The van der Waals surface area contributed by atoms with Gasteiger partial charge in [0.05, 0.1) is 0 Å². The quantitative estimate of drug-likeness (QED) is 0.765. The van der Waals surface area contributed by atoms with Crippen LogP contribution in [0.3, 0.4) is 0 Å². The van der Waals surface area contributed by atoms with Crippen LogP contribution in [0.1, 0.15) is 31.2 Å². The van der Waals surface area contributed by atoms with Crippen molar-refractivity contribution in [2.45, 2.75) is 32.1 Å². The number of allylic oxidation sites excluding steroid dienone is 2. The first-order valence-electron chi connectivity index (χ1n) is 6.17. The highest BCUT2D eigenvalue weighted by Crippen LogP contribution is 2.37. The number of aliphatic hydroxyl groups excluding tert-OH is 1. The zero-order chi connectivity index (χ0) is 11.3. The van der Waals surface area contributed by atoms with Crippen LogP contribution in [0.4, 0.5) is 0 Å². The highest BCUT2D eigenvalue weighted by atomic mass is 16.3. The molecule has 0 amide bonds. The second-order valence-corrected chi connectivity index (χ2v) is 4.79. The van der Waals surface area contributed by atoms with Crippen LogP contribution < -0.4 is 0 Å². The Labute approximate surface area is 97.8 Å². The standard InChI is InChI=1S/C15H20O/c16-12-11-15(9-5-2-6-10-15)13-14-7-3-1-4-8-14/h1,3-5,7-9,16H,2,6,10-13H2. The Hall–Kier alpha value is -1.08. The summed E-state index contributed by atoms with van der Waals surface area (Å²) in [6.45, 7) is 0.289. The van der Waals surface area contributed by atoms with Gasteiger partial charge in [0.2, 0.25) is 0 Å². The van der Waals surface area contributed by atoms with Crippen molar-refractivity contribution in [2.75, 3.05) is 6.61 Å². The van der Waals surface area contributed by atoms with E-state index in [0.29, 0.717) is 0 Å². The first-order chi connectivity index (χ1) is 7.85. The first kappa shape index (κ1) is 11.4. The van der Waals surface area contributed by atoms with E-state index in [1.165, 1.54) is 24.8 Å². The lowest BCUT2D eigenvalue weighted by atomic mass is 9.72. The largest absolute Gasteiger partial charge is 0.396 e. The van der Waals surface area contributed by atoms with Crippen LogP contribution in [-0.4, -0.2) is 11.7 Å². The molecule has 1 aliphatic rings. The van der Waals surface area contributed by atoms with Gasteiger partial charge >= 0.3 is 0 Å². The Balaban J connectivity index is 2.14. The Morgan fingerprint density at radius 2 is 2.00 bits per heavy atom. The fraction of sp³-hybridized carbons (Fsp3) is 0.467. The topological polar surface area (TPSA) is 20.2 Å². The third-order valence-electron chi connectivity index (χ3n) is 3.53. The molecule has 16 heavy (non-hydrogen) atoms. The predicted molar refractivity (Wildman–Crippen MR) is 67.3 cm³/mol. The molecule has 0 heterocycles. The minimum Gasteiger partial charge on any atom is -0.396 e. The molecule has 0 aliphatic heterocycles. The van der Waals surface area contributed by atoms with Gasteiger partial charge in [-0.05, 0) is 43.1 Å². The molecule has 0 saturated carbocycles. The summed E-state index contributed by atoms with van der Waals surface area (Å²) in [7, 11) is 0. The molecule has 1 heteroatoms. The van der Waals surface area contributed by atoms with Crippen LogP contribution in [0.25, 0.3) is 0 Å². The molecule has 0 aromatic heterocycles. The molecule has 2 rings (SSSR count). The van der Waals surface area contributed by atoms with Crippen molar-refractivity contribution in [1.29, 1.82) is 0 Å². The van der Waals surface area contributed by atoms with E-state index in [9.17, 15) is 5.11 Å². The number of aliphatic hydroxyl groups is 1. The fourth-order valence-electron chi connectivity index (χ4n) is 2.66. The maximum Gasteiger partial charge on any atom is 0.0439 e. The number of hydrogen-bond acceptors (Lipinski definition) is 1. The molecule has 0 fully saturated rings. The molecule has 1 unspecified atom stereocenters. The Kier molecular flexibility index (Phi) is 3.79. The van der Waals surface area contributed by atoms with E-state index in [1.54, 1.807) is 0 Å². The third-order valence-corrected chi connectivity index (χ3v) is 3.53. The average molecular weight is 216 g/mol.